The van der Waals surface area contributed by atoms with Crippen LogP contribution in [-0.4, -0.2) is 25.0 Å². The van der Waals surface area contributed by atoms with Crippen molar-refractivity contribution in [2.75, 3.05) is 13.2 Å². The van der Waals surface area contributed by atoms with Crippen LogP contribution in [0.5, 0.6) is 0 Å². The number of hydrogen-bond acceptors (Lipinski definition) is 4. The Morgan fingerprint density at radius 2 is 1.90 bits per heavy atom. The summed E-state index contributed by atoms with van der Waals surface area (Å²) < 4.78 is 4.99. The number of amides is 1. The lowest BCUT2D eigenvalue weighted by Gasteiger charge is -2.23. The SMILES string of the molecule is CCOC(=O)C(C(N)=O)C(CCCN)Cc1ccccc1. The molecule has 0 saturated heterocycles. The molecule has 0 fully saturated rings. The maximum atomic E-state index is 12.0. The quantitative estimate of drug-likeness (QED) is 0.529. The van der Waals surface area contributed by atoms with Crippen molar-refractivity contribution in [3.8, 4) is 0 Å². The number of carbonyl (C=O) groups excluding carboxylic acids is 2. The summed E-state index contributed by atoms with van der Waals surface area (Å²) in [4.78, 5) is 23.7. The van der Waals surface area contributed by atoms with Gasteiger partial charge in [0.1, 0.15) is 5.92 Å². The zero-order valence-corrected chi connectivity index (χ0v) is 12.5. The van der Waals surface area contributed by atoms with E-state index >= 15 is 0 Å². The molecule has 2 unspecified atom stereocenters. The van der Waals surface area contributed by atoms with Crippen molar-refractivity contribution in [3.63, 3.8) is 0 Å². The zero-order chi connectivity index (χ0) is 15.7. The summed E-state index contributed by atoms with van der Waals surface area (Å²) in [6.07, 6.45) is 2.01. The maximum absolute atomic E-state index is 12.0. The first-order valence-corrected chi connectivity index (χ1v) is 7.30. The third kappa shape index (κ3) is 5.55. The average Bonchev–Trinajstić information content (AvgIpc) is 2.45. The molecule has 1 rings (SSSR count). The van der Waals surface area contributed by atoms with Gasteiger partial charge in [0.2, 0.25) is 5.91 Å². The van der Waals surface area contributed by atoms with E-state index in [2.05, 4.69) is 0 Å². The molecule has 0 spiro atoms. The molecule has 2 atom stereocenters. The van der Waals surface area contributed by atoms with Gasteiger partial charge in [-0.25, -0.2) is 0 Å². The summed E-state index contributed by atoms with van der Waals surface area (Å²) in [6, 6.07) is 9.73. The molecule has 4 N–H and O–H groups in total. The van der Waals surface area contributed by atoms with Gasteiger partial charge in [-0.1, -0.05) is 30.3 Å². The number of nitrogens with two attached hydrogens (primary N) is 2. The van der Waals surface area contributed by atoms with Gasteiger partial charge in [-0.2, -0.15) is 0 Å². The fraction of sp³-hybridized carbons (Fsp3) is 0.500. The Hall–Kier alpha value is -1.88. The second-order valence-corrected chi connectivity index (χ2v) is 5.01. The van der Waals surface area contributed by atoms with Crippen LogP contribution < -0.4 is 11.5 Å². The lowest BCUT2D eigenvalue weighted by atomic mass is 9.83. The Bertz CT molecular complexity index is 448. The molecule has 0 heterocycles. The van der Waals surface area contributed by atoms with Gasteiger partial charge in [-0.05, 0) is 44.2 Å². The first kappa shape index (κ1) is 17.2. The molecule has 0 aliphatic carbocycles. The molecule has 116 valence electrons. The van der Waals surface area contributed by atoms with Gasteiger partial charge in [0.25, 0.3) is 0 Å². The molecule has 0 bridgehead atoms. The minimum absolute atomic E-state index is 0.188. The van der Waals surface area contributed by atoms with E-state index in [0.717, 1.165) is 12.0 Å². The van der Waals surface area contributed by atoms with Crippen LogP contribution in [0.4, 0.5) is 0 Å². The Balaban J connectivity index is 2.91. The van der Waals surface area contributed by atoms with Crippen LogP contribution in [0.1, 0.15) is 25.3 Å². The molecule has 0 aliphatic heterocycles. The largest absolute Gasteiger partial charge is 0.465 e. The topological polar surface area (TPSA) is 95.4 Å². The standard InChI is InChI=1S/C16H24N2O3/c1-2-21-16(20)14(15(18)19)13(9-6-10-17)11-12-7-4-3-5-8-12/h3-5,7-8,13-14H,2,6,9-11,17H2,1H3,(H2,18,19). The number of hydrogen-bond donors (Lipinski definition) is 2. The molecule has 5 heteroatoms. The first-order valence-electron chi connectivity index (χ1n) is 7.30. The highest BCUT2D eigenvalue weighted by atomic mass is 16.5. The van der Waals surface area contributed by atoms with Crippen molar-refractivity contribution in [2.24, 2.45) is 23.3 Å². The molecule has 0 aliphatic rings. The Morgan fingerprint density at radius 3 is 2.43 bits per heavy atom. The van der Waals surface area contributed by atoms with Crippen LogP contribution in [0.3, 0.4) is 0 Å². The highest BCUT2D eigenvalue weighted by Crippen LogP contribution is 2.24. The highest BCUT2D eigenvalue weighted by Gasteiger charge is 2.34. The van der Waals surface area contributed by atoms with E-state index in [1.807, 2.05) is 30.3 Å². The third-order valence-electron chi connectivity index (χ3n) is 3.44. The van der Waals surface area contributed by atoms with Crippen molar-refractivity contribution in [3.05, 3.63) is 35.9 Å². The summed E-state index contributed by atoms with van der Waals surface area (Å²) in [6.45, 7) is 2.46. The number of benzene rings is 1. The average molecular weight is 292 g/mol. The fourth-order valence-electron chi connectivity index (χ4n) is 2.46. The lowest BCUT2D eigenvalue weighted by Crippen LogP contribution is -2.38. The van der Waals surface area contributed by atoms with Gasteiger partial charge in [0, 0.05) is 0 Å². The van der Waals surface area contributed by atoms with E-state index in [0.29, 0.717) is 19.4 Å². The highest BCUT2D eigenvalue weighted by molar-refractivity contribution is 5.97. The van der Waals surface area contributed by atoms with Crippen LogP contribution in [0.15, 0.2) is 30.3 Å². The Labute approximate surface area is 125 Å². The van der Waals surface area contributed by atoms with E-state index < -0.39 is 17.8 Å². The minimum Gasteiger partial charge on any atom is -0.465 e. The first-order chi connectivity index (χ1) is 10.1. The molecule has 0 aromatic heterocycles. The third-order valence-corrected chi connectivity index (χ3v) is 3.44. The van der Waals surface area contributed by atoms with Crippen LogP contribution in [0.2, 0.25) is 0 Å². The second kappa shape index (κ2) is 9.13. The van der Waals surface area contributed by atoms with Crippen LogP contribution in [0, 0.1) is 11.8 Å². The van der Waals surface area contributed by atoms with Gasteiger partial charge in [0.15, 0.2) is 0 Å². The lowest BCUT2D eigenvalue weighted by molar-refractivity contribution is -0.153. The predicted molar refractivity (Wildman–Crippen MR) is 81.2 cm³/mol. The number of ether oxygens (including phenoxy) is 1. The van der Waals surface area contributed by atoms with Gasteiger partial charge >= 0.3 is 5.97 Å². The van der Waals surface area contributed by atoms with Crippen molar-refractivity contribution in [2.45, 2.75) is 26.2 Å². The predicted octanol–water partition coefficient (Wildman–Crippen LogP) is 1.25. The molecule has 5 nitrogen and oxygen atoms in total. The van der Waals surface area contributed by atoms with Crippen LogP contribution >= 0.6 is 0 Å². The Morgan fingerprint density at radius 1 is 1.24 bits per heavy atom. The summed E-state index contributed by atoms with van der Waals surface area (Å²) >= 11 is 0. The maximum Gasteiger partial charge on any atom is 0.318 e. The summed E-state index contributed by atoms with van der Waals surface area (Å²) in [5, 5.41) is 0. The molecule has 1 aromatic rings. The summed E-state index contributed by atoms with van der Waals surface area (Å²) in [5.74, 6) is -2.28. The van der Waals surface area contributed by atoms with Gasteiger partial charge < -0.3 is 16.2 Å². The number of esters is 1. The van der Waals surface area contributed by atoms with E-state index in [-0.39, 0.29) is 12.5 Å². The van der Waals surface area contributed by atoms with E-state index in [1.54, 1.807) is 6.92 Å². The minimum atomic E-state index is -0.920. The van der Waals surface area contributed by atoms with Crippen molar-refractivity contribution in [1.82, 2.24) is 0 Å². The number of primary amides is 1. The molecule has 0 saturated carbocycles. The van der Waals surface area contributed by atoms with Gasteiger partial charge in [-0.3, -0.25) is 9.59 Å². The van der Waals surface area contributed by atoms with Gasteiger partial charge in [0.05, 0.1) is 6.61 Å². The molecular formula is C16H24N2O3. The van der Waals surface area contributed by atoms with Crippen molar-refractivity contribution >= 4 is 11.9 Å². The Kier molecular flexibility index (Phi) is 7.46. The zero-order valence-electron chi connectivity index (χ0n) is 12.5. The van der Waals surface area contributed by atoms with Crippen molar-refractivity contribution in [1.29, 1.82) is 0 Å². The number of carbonyl (C=O) groups is 2. The molecule has 1 aromatic carbocycles. The molecule has 1 amide bonds. The van der Waals surface area contributed by atoms with Crippen LogP contribution in [0.25, 0.3) is 0 Å². The molecular weight excluding hydrogens is 268 g/mol. The van der Waals surface area contributed by atoms with Crippen molar-refractivity contribution < 1.29 is 14.3 Å². The smallest absolute Gasteiger partial charge is 0.318 e. The fourth-order valence-corrected chi connectivity index (χ4v) is 2.46. The van der Waals surface area contributed by atoms with Crippen LogP contribution in [-0.2, 0) is 20.7 Å². The molecule has 0 radical (unpaired) electrons. The monoisotopic (exact) mass is 292 g/mol. The summed E-state index contributed by atoms with van der Waals surface area (Å²) in [5.41, 5.74) is 12.0. The van der Waals surface area contributed by atoms with E-state index in [9.17, 15) is 9.59 Å². The summed E-state index contributed by atoms with van der Waals surface area (Å²) in [7, 11) is 0. The normalized spacial score (nSPS) is 13.4. The second-order valence-electron chi connectivity index (χ2n) is 5.01. The van der Waals surface area contributed by atoms with Gasteiger partial charge in [-0.15, -0.1) is 0 Å². The molecule has 21 heavy (non-hydrogen) atoms. The van der Waals surface area contributed by atoms with E-state index in [1.165, 1.54) is 0 Å². The van der Waals surface area contributed by atoms with E-state index in [4.69, 9.17) is 16.2 Å². The number of rotatable bonds is 9.